The van der Waals surface area contributed by atoms with E-state index in [2.05, 4.69) is 5.32 Å². The molecule has 0 heterocycles. The molecule has 0 aromatic heterocycles. The van der Waals surface area contributed by atoms with Crippen molar-refractivity contribution < 1.29 is 19.0 Å². The highest BCUT2D eigenvalue weighted by Crippen LogP contribution is 2.34. The molecule has 1 rings (SSSR count). The Labute approximate surface area is 155 Å². The second-order valence-corrected chi connectivity index (χ2v) is 6.37. The van der Waals surface area contributed by atoms with Gasteiger partial charge in [0.1, 0.15) is 5.75 Å². The largest absolute Gasteiger partial charge is 0.493 e. The fourth-order valence-corrected chi connectivity index (χ4v) is 2.98. The van der Waals surface area contributed by atoms with Crippen molar-refractivity contribution in [2.75, 3.05) is 40.5 Å². The van der Waals surface area contributed by atoms with Gasteiger partial charge in [-0.15, -0.1) is 0 Å². The number of ether oxygens (including phenoxy) is 3. The van der Waals surface area contributed by atoms with Gasteiger partial charge in [0.25, 0.3) is 5.24 Å². The van der Waals surface area contributed by atoms with E-state index in [1.54, 1.807) is 19.0 Å². The number of nitrogens with zero attached hydrogens (tertiary/aromatic N) is 1. The van der Waals surface area contributed by atoms with Crippen LogP contribution in [0.3, 0.4) is 0 Å². The van der Waals surface area contributed by atoms with Crippen molar-refractivity contribution in [3.63, 3.8) is 0 Å². The molecule has 0 bridgehead atoms. The predicted octanol–water partition coefficient (Wildman–Crippen LogP) is 3.35. The summed E-state index contributed by atoms with van der Waals surface area (Å²) in [5.41, 5.74) is 1.01. The van der Waals surface area contributed by atoms with Gasteiger partial charge in [0.15, 0.2) is 6.29 Å². The summed E-state index contributed by atoms with van der Waals surface area (Å²) in [6, 6.07) is 5.83. The Kier molecular flexibility index (Phi) is 10.6. The van der Waals surface area contributed by atoms with Crippen molar-refractivity contribution in [3.8, 4) is 5.75 Å². The van der Waals surface area contributed by atoms with E-state index in [0.717, 1.165) is 16.2 Å². The maximum atomic E-state index is 12.1. The van der Waals surface area contributed by atoms with Crippen LogP contribution < -0.4 is 10.1 Å². The van der Waals surface area contributed by atoms with Gasteiger partial charge in [0.05, 0.1) is 11.5 Å². The van der Waals surface area contributed by atoms with Crippen LogP contribution in [0.25, 0.3) is 0 Å². The molecule has 0 fully saturated rings. The topological polar surface area (TPSA) is 60.0 Å². The second kappa shape index (κ2) is 12.1. The third kappa shape index (κ3) is 7.64. The van der Waals surface area contributed by atoms with Crippen LogP contribution in [0.4, 0.5) is 4.79 Å². The van der Waals surface area contributed by atoms with E-state index in [9.17, 15) is 4.79 Å². The third-order valence-electron chi connectivity index (χ3n) is 3.25. The van der Waals surface area contributed by atoms with Crippen LogP contribution in [-0.4, -0.2) is 56.9 Å². The Hall–Kier alpha value is -1.28. The molecule has 0 spiro atoms. The van der Waals surface area contributed by atoms with Crippen molar-refractivity contribution in [3.05, 3.63) is 23.8 Å². The molecular formula is C18H30N2O4S. The third-order valence-corrected chi connectivity index (χ3v) is 4.45. The number of hydrogen-bond donors (Lipinski definition) is 1. The number of benzene rings is 1. The van der Waals surface area contributed by atoms with E-state index in [1.165, 1.54) is 11.8 Å². The van der Waals surface area contributed by atoms with Crippen molar-refractivity contribution in [1.29, 1.82) is 0 Å². The summed E-state index contributed by atoms with van der Waals surface area (Å²) in [6.07, 6.45) is -0.274. The lowest BCUT2D eigenvalue weighted by molar-refractivity contribution is -0.133. The van der Waals surface area contributed by atoms with Crippen molar-refractivity contribution in [2.45, 2.75) is 38.5 Å². The van der Waals surface area contributed by atoms with Crippen LogP contribution in [0.5, 0.6) is 5.75 Å². The number of amides is 1. The minimum absolute atomic E-state index is 0.0325. The van der Waals surface area contributed by atoms with Crippen molar-refractivity contribution >= 4 is 17.0 Å². The Balaban J connectivity index is 2.82. The minimum Gasteiger partial charge on any atom is -0.493 e. The van der Waals surface area contributed by atoms with Gasteiger partial charge < -0.3 is 24.4 Å². The maximum Gasteiger partial charge on any atom is 0.286 e. The van der Waals surface area contributed by atoms with Crippen LogP contribution in [0, 0.1) is 0 Å². The maximum absolute atomic E-state index is 12.1. The molecule has 1 aromatic carbocycles. The Morgan fingerprint density at radius 1 is 1.16 bits per heavy atom. The first kappa shape index (κ1) is 21.8. The van der Waals surface area contributed by atoms with Gasteiger partial charge in [0.2, 0.25) is 0 Å². The smallest absolute Gasteiger partial charge is 0.286 e. The SMILES string of the molecule is CCOc1cccc(CNCC(OCC)OCC)c1SC(=O)N(C)C. The summed E-state index contributed by atoms with van der Waals surface area (Å²) >= 11 is 1.18. The van der Waals surface area contributed by atoms with Crippen LogP contribution in [0.15, 0.2) is 23.1 Å². The summed E-state index contributed by atoms with van der Waals surface area (Å²) in [5.74, 6) is 0.730. The molecule has 0 atom stereocenters. The number of thioether (sulfide) groups is 1. The van der Waals surface area contributed by atoms with Crippen LogP contribution in [-0.2, 0) is 16.0 Å². The lowest BCUT2D eigenvalue weighted by Gasteiger charge is -2.19. The van der Waals surface area contributed by atoms with Gasteiger partial charge in [-0.25, -0.2) is 0 Å². The summed E-state index contributed by atoms with van der Waals surface area (Å²) < 4.78 is 16.8. The standard InChI is InChI=1S/C18H30N2O4S/c1-6-22-15-11-9-10-14(17(15)25-18(21)20(4)5)12-19-13-16(23-7-2)24-8-3/h9-11,16,19H,6-8,12-13H2,1-5H3. The predicted molar refractivity (Wildman–Crippen MR) is 101 cm³/mol. The minimum atomic E-state index is -0.274. The Morgan fingerprint density at radius 2 is 1.84 bits per heavy atom. The molecule has 0 aliphatic heterocycles. The summed E-state index contributed by atoms with van der Waals surface area (Å²) in [7, 11) is 3.48. The van der Waals surface area contributed by atoms with Gasteiger partial charge in [-0.3, -0.25) is 4.79 Å². The summed E-state index contributed by atoms with van der Waals surface area (Å²) in [6.45, 7) is 8.75. The van der Waals surface area contributed by atoms with E-state index in [-0.39, 0.29) is 11.5 Å². The average molecular weight is 371 g/mol. The zero-order valence-corrected chi connectivity index (χ0v) is 16.6. The Morgan fingerprint density at radius 3 is 2.40 bits per heavy atom. The highest BCUT2D eigenvalue weighted by atomic mass is 32.2. The first-order valence-corrected chi connectivity index (χ1v) is 9.42. The molecule has 1 amide bonds. The molecule has 0 aliphatic rings. The summed E-state index contributed by atoms with van der Waals surface area (Å²) in [5, 5.41) is 3.31. The van der Waals surface area contributed by atoms with Crippen LogP contribution in [0.1, 0.15) is 26.3 Å². The number of nitrogens with one attached hydrogen (secondary N) is 1. The fourth-order valence-electron chi connectivity index (χ4n) is 2.13. The van der Waals surface area contributed by atoms with E-state index in [1.807, 2.05) is 39.0 Å². The van der Waals surface area contributed by atoms with E-state index in [0.29, 0.717) is 32.9 Å². The highest BCUT2D eigenvalue weighted by Gasteiger charge is 2.16. The van der Waals surface area contributed by atoms with E-state index in [4.69, 9.17) is 14.2 Å². The van der Waals surface area contributed by atoms with Gasteiger partial charge in [-0.2, -0.15) is 0 Å². The molecule has 6 nitrogen and oxygen atoms in total. The zero-order valence-electron chi connectivity index (χ0n) is 15.8. The number of carbonyl (C=O) groups is 1. The normalized spacial score (nSPS) is 11.0. The Bertz CT molecular complexity index is 520. The molecule has 0 radical (unpaired) electrons. The molecule has 0 saturated heterocycles. The molecule has 0 aliphatic carbocycles. The number of rotatable bonds is 11. The molecule has 142 valence electrons. The van der Waals surface area contributed by atoms with Gasteiger partial charge in [-0.05, 0) is 44.2 Å². The lowest BCUT2D eigenvalue weighted by atomic mass is 10.2. The molecule has 25 heavy (non-hydrogen) atoms. The second-order valence-electron chi connectivity index (χ2n) is 5.41. The quantitative estimate of drug-likeness (QED) is 0.476. The van der Waals surface area contributed by atoms with Crippen LogP contribution in [0.2, 0.25) is 0 Å². The molecule has 0 unspecified atom stereocenters. The molecular weight excluding hydrogens is 340 g/mol. The molecule has 0 saturated carbocycles. The van der Waals surface area contributed by atoms with Crippen LogP contribution >= 0.6 is 11.8 Å². The average Bonchev–Trinajstić information content (AvgIpc) is 2.57. The van der Waals surface area contributed by atoms with Crippen molar-refractivity contribution in [2.24, 2.45) is 0 Å². The van der Waals surface area contributed by atoms with E-state index >= 15 is 0 Å². The first-order chi connectivity index (χ1) is 12.0. The summed E-state index contributed by atoms with van der Waals surface area (Å²) in [4.78, 5) is 14.6. The molecule has 1 N–H and O–H groups in total. The monoisotopic (exact) mass is 370 g/mol. The first-order valence-electron chi connectivity index (χ1n) is 8.61. The number of carbonyl (C=O) groups excluding carboxylic acids is 1. The molecule has 7 heteroatoms. The number of hydrogen-bond acceptors (Lipinski definition) is 6. The fraction of sp³-hybridized carbons (Fsp3) is 0.611. The zero-order chi connectivity index (χ0) is 18.7. The van der Waals surface area contributed by atoms with Gasteiger partial charge in [-0.1, -0.05) is 12.1 Å². The van der Waals surface area contributed by atoms with E-state index < -0.39 is 0 Å². The van der Waals surface area contributed by atoms with Gasteiger partial charge >= 0.3 is 0 Å². The molecule has 1 aromatic rings. The highest BCUT2D eigenvalue weighted by molar-refractivity contribution is 8.13. The van der Waals surface area contributed by atoms with Crippen molar-refractivity contribution in [1.82, 2.24) is 10.2 Å². The van der Waals surface area contributed by atoms with Gasteiger partial charge in [0, 0.05) is 40.4 Å². The lowest BCUT2D eigenvalue weighted by Crippen LogP contribution is -2.31.